The van der Waals surface area contributed by atoms with E-state index in [4.69, 9.17) is 5.21 Å². The number of hydrogen-bond donors (Lipinski definition) is 3. The van der Waals surface area contributed by atoms with Crippen LogP contribution in [0.3, 0.4) is 0 Å². The topological polar surface area (TPSA) is 77.0 Å². The molecule has 0 spiro atoms. The van der Waals surface area contributed by atoms with Gasteiger partial charge in [-0.2, -0.15) is 0 Å². The first-order valence-electron chi connectivity index (χ1n) is 10.7. The minimum absolute atomic E-state index is 0.302. The second-order valence-corrected chi connectivity index (χ2v) is 7.65. The number of benzene rings is 2. The third-order valence-electron chi connectivity index (χ3n) is 5.32. The zero-order valence-electron chi connectivity index (χ0n) is 17.8. The zero-order valence-corrected chi connectivity index (χ0v) is 17.8. The van der Waals surface area contributed by atoms with Gasteiger partial charge in [-0.05, 0) is 54.3 Å². The second-order valence-electron chi connectivity index (χ2n) is 7.65. The maximum Gasteiger partial charge on any atom is 0.243 e. The smallest absolute Gasteiger partial charge is 0.243 e. The van der Waals surface area contributed by atoms with Crippen LogP contribution in [0, 0.1) is 11.6 Å². The van der Waals surface area contributed by atoms with Gasteiger partial charge in [-0.3, -0.25) is 20.3 Å². The Morgan fingerprint density at radius 2 is 1.56 bits per heavy atom. The third-order valence-corrected chi connectivity index (χ3v) is 5.32. The second kappa shape index (κ2) is 12.1. The number of unbranched alkanes of at least 4 members (excludes halogenated alkanes) is 3. The lowest BCUT2D eigenvalue weighted by Crippen LogP contribution is -2.45. The lowest BCUT2D eigenvalue weighted by molar-refractivity contribution is -0.129. The Morgan fingerprint density at radius 3 is 2.16 bits per heavy atom. The van der Waals surface area contributed by atoms with Crippen LogP contribution in [0.15, 0.2) is 65.8 Å². The summed E-state index contributed by atoms with van der Waals surface area (Å²) in [5.41, 5.74) is 3.35. The van der Waals surface area contributed by atoms with Crippen molar-refractivity contribution in [1.82, 2.24) is 15.7 Å². The summed E-state index contributed by atoms with van der Waals surface area (Å²) in [6.45, 7) is 0.761. The van der Waals surface area contributed by atoms with Crippen LogP contribution < -0.4 is 10.8 Å². The largest absolute Gasteiger partial charge is 0.344 e. The first kappa shape index (κ1) is 23.6. The van der Waals surface area contributed by atoms with Crippen LogP contribution in [0.2, 0.25) is 0 Å². The number of aliphatic imine (C=N–C) groups is 1. The molecule has 1 atom stereocenters. The van der Waals surface area contributed by atoms with Crippen molar-refractivity contribution in [3.8, 4) is 0 Å². The SMILES string of the molecule is O=C(CCCCCCN1C=CC=NC1NC(c1ccc(F)cc1)c1ccc(F)cc1)NO. The van der Waals surface area contributed by atoms with E-state index in [9.17, 15) is 13.6 Å². The summed E-state index contributed by atoms with van der Waals surface area (Å²) in [6.07, 6.45) is 9.01. The summed E-state index contributed by atoms with van der Waals surface area (Å²) < 4.78 is 26.9. The van der Waals surface area contributed by atoms with Gasteiger partial charge in [-0.25, -0.2) is 14.3 Å². The number of amides is 1. The Morgan fingerprint density at radius 1 is 0.969 bits per heavy atom. The third kappa shape index (κ3) is 6.96. The van der Waals surface area contributed by atoms with Gasteiger partial charge in [0.2, 0.25) is 5.91 Å². The van der Waals surface area contributed by atoms with Gasteiger partial charge < -0.3 is 4.90 Å². The first-order chi connectivity index (χ1) is 15.6. The molecule has 0 fully saturated rings. The van der Waals surface area contributed by atoms with Gasteiger partial charge in [-0.15, -0.1) is 0 Å². The number of hydroxylamine groups is 1. The molecule has 1 amide bonds. The number of nitrogens with zero attached hydrogens (tertiary/aromatic N) is 2. The maximum absolute atomic E-state index is 13.5. The molecule has 3 N–H and O–H groups in total. The van der Waals surface area contributed by atoms with Gasteiger partial charge in [0.15, 0.2) is 6.29 Å². The molecule has 2 aromatic carbocycles. The predicted molar refractivity (Wildman–Crippen MR) is 119 cm³/mol. The Kier molecular flexibility index (Phi) is 8.89. The van der Waals surface area contributed by atoms with E-state index in [0.29, 0.717) is 6.42 Å². The van der Waals surface area contributed by atoms with Gasteiger partial charge in [0.1, 0.15) is 11.6 Å². The normalized spacial score (nSPS) is 15.4. The number of rotatable bonds is 11. The standard InChI is InChI=1S/C24H28F2N4O2/c25-20-11-7-18(8-12-20)23(19-9-13-21(26)14-10-19)28-24-27-15-5-17-30(24)16-4-2-1-3-6-22(31)29-32/h5,7-15,17,23-24,28,32H,1-4,6,16H2,(H,29,31). The van der Waals surface area contributed by atoms with Crippen LogP contribution >= 0.6 is 0 Å². The van der Waals surface area contributed by atoms with E-state index < -0.39 is 0 Å². The Labute approximate surface area is 186 Å². The molecule has 6 nitrogen and oxygen atoms in total. The molecule has 0 aromatic heterocycles. The Balaban J connectivity index is 1.63. The molecule has 0 aliphatic carbocycles. The minimum atomic E-state index is -0.366. The number of halogens is 2. The molecule has 1 heterocycles. The minimum Gasteiger partial charge on any atom is -0.344 e. The van der Waals surface area contributed by atoms with Crippen molar-refractivity contribution in [2.45, 2.75) is 44.4 Å². The number of nitrogens with one attached hydrogen (secondary N) is 2. The number of carbonyl (C=O) groups excluding carboxylic acids is 1. The monoisotopic (exact) mass is 442 g/mol. The quantitative estimate of drug-likeness (QED) is 0.276. The molecule has 32 heavy (non-hydrogen) atoms. The molecule has 0 saturated heterocycles. The van der Waals surface area contributed by atoms with Gasteiger partial charge in [0, 0.05) is 25.4 Å². The first-order valence-corrected chi connectivity index (χ1v) is 10.7. The van der Waals surface area contributed by atoms with Gasteiger partial charge >= 0.3 is 0 Å². The van der Waals surface area contributed by atoms with E-state index in [1.165, 1.54) is 24.3 Å². The zero-order chi connectivity index (χ0) is 22.8. The molecule has 1 unspecified atom stereocenters. The highest BCUT2D eigenvalue weighted by atomic mass is 19.1. The van der Waals surface area contributed by atoms with Crippen LogP contribution in [0.25, 0.3) is 0 Å². The summed E-state index contributed by atoms with van der Waals surface area (Å²) in [5, 5.41) is 12.0. The van der Waals surface area contributed by atoms with Crippen molar-refractivity contribution in [2.75, 3.05) is 6.54 Å². The van der Waals surface area contributed by atoms with Crippen LogP contribution in [0.1, 0.15) is 49.3 Å². The van der Waals surface area contributed by atoms with Crippen LogP contribution in [-0.4, -0.2) is 35.1 Å². The predicted octanol–water partition coefficient (Wildman–Crippen LogP) is 4.28. The van der Waals surface area contributed by atoms with Crippen LogP contribution in [0.4, 0.5) is 8.78 Å². The number of allylic oxidation sites excluding steroid dienone is 1. The van der Waals surface area contributed by atoms with Crippen molar-refractivity contribution in [1.29, 1.82) is 0 Å². The average molecular weight is 443 g/mol. The molecule has 2 aromatic rings. The fourth-order valence-electron chi connectivity index (χ4n) is 3.62. The summed E-state index contributed by atoms with van der Waals surface area (Å²) in [4.78, 5) is 17.7. The van der Waals surface area contributed by atoms with Gasteiger partial charge in [-0.1, -0.05) is 37.1 Å². The molecule has 0 radical (unpaired) electrons. The fourth-order valence-corrected chi connectivity index (χ4v) is 3.62. The number of carbonyl (C=O) groups is 1. The molecule has 170 valence electrons. The lowest BCUT2D eigenvalue weighted by Gasteiger charge is -2.33. The van der Waals surface area contributed by atoms with Gasteiger partial charge in [0.25, 0.3) is 0 Å². The van der Waals surface area contributed by atoms with E-state index in [-0.39, 0.29) is 29.9 Å². The fraction of sp³-hybridized carbons (Fsp3) is 0.333. The molecule has 0 saturated carbocycles. The van der Waals surface area contributed by atoms with Crippen LogP contribution in [0.5, 0.6) is 0 Å². The number of hydrogen-bond acceptors (Lipinski definition) is 5. The molecular formula is C24H28F2N4O2. The van der Waals surface area contributed by atoms with E-state index in [2.05, 4.69) is 15.2 Å². The molecule has 1 aliphatic rings. The molecular weight excluding hydrogens is 414 g/mol. The van der Waals surface area contributed by atoms with E-state index in [0.717, 1.165) is 43.4 Å². The summed E-state index contributed by atoms with van der Waals surface area (Å²) >= 11 is 0. The highest BCUT2D eigenvalue weighted by Gasteiger charge is 2.22. The maximum atomic E-state index is 13.5. The highest BCUT2D eigenvalue weighted by molar-refractivity contribution is 5.74. The molecule has 1 aliphatic heterocycles. The van der Waals surface area contributed by atoms with Crippen molar-refractivity contribution in [3.63, 3.8) is 0 Å². The van der Waals surface area contributed by atoms with Crippen molar-refractivity contribution >= 4 is 12.1 Å². The Bertz CT molecular complexity index is 871. The highest BCUT2D eigenvalue weighted by Crippen LogP contribution is 2.25. The molecule has 0 bridgehead atoms. The van der Waals surface area contributed by atoms with Crippen LogP contribution in [-0.2, 0) is 4.79 Å². The summed E-state index contributed by atoms with van der Waals surface area (Å²) in [7, 11) is 0. The molecule has 8 heteroatoms. The average Bonchev–Trinajstić information content (AvgIpc) is 2.81. The van der Waals surface area contributed by atoms with Crippen molar-refractivity contribution in [2.24, 2.45) is 4.99 Å². The Hall–Kier alpha value is -3.10. The van der Waals surface area contributed by atoms with E-state index in [1.807, 2.05) is 12.3 Å². The van der Waals surface area contributed by atoms with Crippen molar-refractivity contribution in [3.05, 3.63) is 83.6 Å². The lowest BCUT2D eigenvalue weighted by atomic mass is 9.98. The summed E-state index contributed by atoms with van der Waals surface area (Å²) in [5.74, 6) is -0.998. The van der Waals surface area contributed by atoms with Crippen molar-refractivity contribution < 1.29 is 18.8 Å². The van der Waals surface area contributed by atoms with Gasteiger partial charge in [0.05, 0.1) is 6.04 Å². The molecule has 3 rings (SSSR count). The summed E-state index contributed by atoms with van der Waals surface area (Å²) in [6, 6.07) is 12.2. The van der Waals surface area contributed by atoms with E-state index in [1.54, 1.807) is 36.0 Å². The van der Waals surface area contributed by atoms with E-state index >= 15 is 0 Å².